The third kappa shape index (κ3) is 8.99. The van der Waals surface area contributed by atoms with Crippen LogP contribution in [-0.2, 0) is 4.79 Å². The van der Waals surface area contributed by atoms with Crippen molar-refractivity contribution < 1.29 is 4.79 Å². The molecule has 2 atom stereocenters. The van der Waals surface area contributed by atoms with Crippen molar-refractivity contribution >= 4 is 19.0 Å². The Morgan fingerprint density at radius 1 is 0.475 bits per heavy atom. The Hall–Kier alpha value is -3.80. The molecule has 1 aliphatic rings. The van der Waals surface area contributed by atoms with Gasteiger partial charge in [-0.2, -0.15) is 0 Å². The molecule has 312 valence electrons. The van der Waals surface area contributed by atoms with Gasteiger partial charge in [0, 0.05) is 12.8 Å². The Kier molecular flexibility index (Phi) is 13.1. The number of hydrogen-bond donors (Lipinski definition) is 0. The molecule has 5 aromatic carbocycles. The van der Waals surface area contributed by atoms with Crippen LogP contribution in [0.1, 0.15) is 167 Å². The molecule has 0 aliphatic carbocycles. The number of ketones is 1. The number of Topliss-reactive ketones (excluding diaryl/α,β-unsaturated/α-hetero) is 1. The summed E-state index contributed by atoms with van der Waals surface area (Å²) in [4.78, 5) is 14.0. The Morgan fingerprint density at radius 2 is 0.780 bits per heavy atom. The lowest BCUT2D eigenvalue weighted by molar-refractivity contribution is -0.120. The van der Waals surface area contributed by atoms with Crippen molar-refractivity contribution in [3.05, 3.63) is 124 Å². The first-order chi connectivity index (χ1) is 27.6. The Labute approximate surface area is 360 Å². The van der Waals surface area contributed by atoms with Crippen LogP contribution in [0.4, 0.5) is 0 Å². The highest BCUT2D eigenvalue weighted by molar-refractivity contribution is 7.68. The minimum absolute atomic E-state index is 0.0530. The van der Waals surface area contributed by atoms with Crippen LogP contribution in [0.15, 0.2) is 91.0 Å². The van der Waals surface area contributed by atoms with Crippen LogP contribution in [0, 0.1) is 24.7 Å². The lowest BCUT2D eigenvalue weighted by Crippen LogP contribution is -2.44. The number of aryl methyl sites for hydroxylation is 2. The van der Waals surface area contributed by atoms with Crippen LogP contribution in [-0.4, -0.2) is 17.1 Å². The Balaban J connectivity index is 1.84. The van der Waals surface area contributed by atoms with E-state index >= 15 is 0 Å². The highest BCUT2D eigenvalue weighted by Crippen LogP contribution is 2.64. The van der Waals surface area contributed by atoms with Gasteiger partial charge in [-0.05, 0) is 143 Å². The van der Waals surface area contributed by atoms with Gasteiger partial charge in [0.15, 0.2) is 0 Å². The van der Waals surface area contributed by atoms with E-state index < -0.39 is 7.92 Å². The number of carbonyl (C=O) groups excluding carboxylic acids is 1. The average molecular weight is 805 g/mol. The molecule has 0 saturated carbocycles. The highest BCUT2D eigenvalue weighted by Gasteiger charge is 2.48. The van der Waals surface area contributed by atoms with Crippen LogP contribution in [0.25, 0.3) is 44.5 Å². The average Bonchev–Trinajstić information content (AvgIpc) is 3.16. The molecule has 0 radical (unpaired) electrons. The van der Waals surface area contributed by atoms with E-state index in [2.05, 4.69) is 202 Å². The standard InChI is InChI=1S/C57H73OP/c1-34(2)47-28-40(43-24-19-17-22-38(43)9)29-48(35(3)4)53(47)45-26-21-27-46(55(45)59-51(56(11,12)13)32-42(58)33-52(59)57(14,15)16)54-49(36(5)6)30-41(31-50(54)37(7)8)44-25-20-18-23-39(44)10/h17-31,34-37,51-52H,32-33H2,1-16H3. The fourth-order valence-corrected chi connectivity index (χ4v) is 14.3. The summed E-state index contributed by atoms with van der Waals surface area (Å²) in [6, 6.07) is 35.1. The van der Waals surface area contributed by atoms with Gasteiger partial charge < -0.3 is 0 Å². The van der Waals surface area contributed by atoms with E-state index in [1.54, 1.807) is 0 Å². The van der Waals surface area contributed by atoms with Crippen molar-refractivity contribution in [3.8, 4) is 44.5 Å². The predicted molar refractivity (Wildman–Crippen MR) is 261 cm³/mol. The molecule has 1 nitrogen and oxygen atoms in total. The minimum Gasteiger partial charge on any atom is -0.300 e. The quantitative estimate of drug-likeness (QED) is 0.136. The van der Waals surface area contributed by atoms with E-state index in [4.69, 9.17) is 0 Å². The fourth-order valence-electron chi connectivity index (χ4n) is 9.84. The smallest absolute Gasteiger partial charge is 0.134 e. The van der Waals surface area contributed by atoms with E-state index in [1.807, 2.05) is 0 Å². The van der Waals surface area contributed by atoms with Gasteiger partial charge >= 0.3 is 0 Å². The topological polar surface area (TPSA) is 17.1 Å². The first-order valence-electron chi connectivity index (χ1n) is 22.5. The van der Waals surface area contributed by atoms with Crippen molar-refractivity contribution in [2.75, 3.05) is 0 Å². The molecule has 0 spiro atoms. The molecule has 59 heavy (non-hydrogen) atoms. The molecule has 0 aromatic heterocycles. The van der Waals surface area contributed by atoms with Crippen molar-refractivity contribution in [1.29, 1.82) is 0 Å². The van der Waals surface area contributed by atoms with Gasteiger partial charge in [-0.25, -0.2) is 0 Å². The summed E-state index contributed by atoms with van der Waals surface area (Å²) >= 11 is 0. The largest absolute Gasteiger partial charge is 0.300 e. The summed E-state index contributed by atoms with van der Waals surface area (Å²) < 4.78 is 0. The second-order valence-corrected chi connectivity index (χ2v) is 23.6. The highest BCUT2D eigenvalue weighted by atomic mass is 31.1. The Bertz CT molecular complexity index is 2100. The Morgan fingerprint density at radius 3 is 1.07 bits per heavy atom. The van der Waals surface area contributed by atoms with Crippen LogP contribution in [0.2, 0.25) is 0 Å². The normalized spacial score (nSPS) is 17.8. The van der Waals surface area contributed by atoms with Gasteiger partial charge in [-0.15, -0.1) is 0 Å². The molecule has 0 N–H and O–H groups in total. The molecule has 1 heterocycles. The van der Waals surface area contributed by atoms with Crippen molar-refractivity contribution in [2.24, 2.45) is 10.8 Å². The first kappa shape index (κ1) is 44.7. The minimum atomic E-state index is -0.846. The van der Waals surface area contributed by atoms with E-state index in [9.17, 15) is 4.79 Å². The maximum Gasteiger partial charge on any atom is 0.134 e. The van der Waals surface area contributed by atoms with E-state index in [0.29, 0.717) is 42.3 Å². The van der Waals surface area contributed by atoms with Gasteiger partial charge in [-0.3, -0.25) is 4.79 Å². The molecule has 2 unspecified atom stereocenters. The van der Waals surface area contributed by atoms with Crippen molar-refractivity contribution in [1.82, 2.24) is 0 Å². The molecule has 6 rings (SSSR count). The molecule has 1 saturated heterocycles. The lowest BCUT2D eigenvalue weighted by atomic mass is 9.79. The maximum absolute atomic E-state index is 14.0. The van der Waals surface area contributed by atoms with Gasteiger partial charge in [-0.1, -0.05) is 196 Å². The second kappa shape index (κ2) is 17.3. The molecular formula is C57H73OP. The van der Waals surface area contributed by atoms with Gasteiger partial charge in [0.05, 0.1) is 0 Å². The van der Waals surface area contributed by atoms with E-state index in [-0.39, 0.29) is 22.1 Å². The van der Waals surface area contributed by atoms with E-state index in [1.165, 1.54) is 83.2 Å². The summed E-state index contributed by atoms with van der Waals surface area (Å²) in [5.41, 5.74) is 19.5. The lowest BCUT2D eigenvalue weighted by Gasteiger charge is -2.50. The first-order valence-corrected chi connectivity index (χ1v) is 24.0. The second-order valence-electron chi connectivity index (χ2n) is 21.1. The third-order valence-electron chi connectivity index (χ3n) is 13.1. The zero-order valence-electron chi connectivity index (χ0n) is 39.4. The van der Waals surface area contributed by atoms with Crippen LogP contribution in [0.5, 0.6) is 0 Å². The summed E-state index contributed by atoms with van der Waals surface area (Å²) in [6.07, 6.45) is 1.30. The van der Waals surface area contributed by atoms with Gasteiger partial charge in [0.2, 0.25) is 0 Å². The number of hydrogen-bond acceptors (Lipinski definition) is 1. The molecular weight excluding hydrogens is 732 g/mol. The van der Waals surface area contributed by atoms with Crippen molar-refractivity contribution in [3.63, 3.8) is 0 Å². The maximum atomic E-state index is 14.0. The van der Waals surface area contributed by atoms with Crippen LogP contribution < -0.4 is 5.30 Å². The fraction of sp³-hybridized carbons (Fsp3) is 0.456. The van der Waals surface area contributed by atoms with Gasteiger partial charge in [0.1, 0.15) is 5.78 Å². The number of benzene rings is 5. The molecule has 0 bridgehead atoms. The zero-order valence-corrected chi connectivity index (χ0v) is 40.3. The predicted octanol–water partition coefficient (Wildman–Crippen LogP) is 16.8. The SMILES string of the molecule is Cc1ccccc1-c1cc(C(C)C)c(-c2cccc(-c3c(C(C)C)cc(-c4ccccc4C)cc3C(C)C)c2P2C(C(C)(C)C)CC(=O)CC2C(C)(C)C)c(C(C)C)c1. The molecule has 2 heteroatoms. The number of carbonyl (C=O) groups is 1. The van der Waals surface area contributed by atoms with Crippen LogP contribution in [0.3, 0.4) is 0 Å². The number of rotatable bonds is 9. The third-order valence-corrected chi connectivity index (χ3v) is 17.4. The molecule has 0 amide bonds. The summed E-state index contributed by atoms with van der Waals surface area (Å²) in [5.74, 6) is 1.68. The molecule has 5 aromatic rings. The van der Waals surface area contributed by atoms with Crippen LogP contribution >= 0.6 is 7.92 Å². The summed E-state index contributed by atoms with van der Waals surface area (Å²) in [7, 11) is -0.846. The monoisotopic (exact) mass is 805 g/mol. The summed E-state index contributed by atoms with van der Waals surface area (Å²) in [6.45, 7) is 37.9. The van der Waals surface area contributed by atoms with Crippen molar-refractivity contribution in [2.45, 2.75) is 159 Å². The van der Waals surface area contributed by atoms with E-state index in [0.717, 1.165) is 0 Å². The zero-order chi connectivity index (χ0) is 43.3. The summed E-state index contributed by atoms with van der Waals surface area (Å²) in [5, 5.41) is 1.52. The van der Waals surface area contributed by atoms with Gasteiger partial charge in [0.25, 0.3) is 0 Å². The molecule has 1 fully saturated rings. The molecule has 1 aliphatic heterocycles.